The molecule has 0 bridgehead atoms. The van der Waals surface area contributed by atoms with E-state index in [4.69, 9.17) is 4.42 Å². The van der Waals surface area contributed by atoms with Crippen LogP contribution in [0.2, 0.25) is 0 Å². The molecule has 1 aliphatic carbocycles. The van der Waals surface area contributed by atoms with Crippen LogP contribution in [0.1, 0.15) is 56.4 Å². The maximum Gasteiger partial charge on any atom is 0.339 e. The van der Waals surface area contributed by atoms with Crippen LogP contribution in [0.15, 0.2) is 27.4 Å². The lowest BCUT2D eigenvalue weighted by atomic mass is 9.87. The van der Waals surface area contributed by atoms with Gasteiger partial charge in [-0.25, -0.2) is 4.79 Å². The van der Waals surface area contributed by atoms with Crippen LogP contribution in [0.3, 0.4) is 0 Å². The van der Waals surface area contributed by atoms with Gasteiger partial charge in [0.1, 0.15) is 11.7 Å². The Labute approximate surface area is 159 Å². The third kappa shape index (κ3) is 4.29. The number of fused-ring (bicyclic) bond motifs is 3. The number of halogens is 1. The van der Waals surface area contributed by atoms with Crippen LogP contribution in [0, 0.1) is 0 Å². The lowest BCUT2D eigenvalue weighted by Crippen LogP contribution is -2.42. The summed E-state index contributed by atoms with van der Waals surface area (Å²) in [5.41, 5.74) is 2.39. The second-order valence-corrected chi connectivity index (χ2v) is 7.92. The summed E-state index contributed by atoms with van der Waals surface area (Å²) in [6.07, 6.45) is 1.52. The minimum absolute atomic E-state index is 0. The molecule has 144 valence electrons. The van der Waals surface area contributed by atoms with Crippen LogP contribution >= 0.6 is 12.4 Å². The Kier molecular flexibility index (Phi) is 6.51. The Morgan fingerprint density at radius 2 is 1.81 bits per heavy atom. The fraction of sp³-hybridized carbons (Fsp3) is 0.550. The quantitative estimate of drug-likeness (QED) is 0.709. The van der Waals surface area contributed by atoms with Crippen molar-refractivity contribution in [2.75, 3.05) is 6.54 Å². The molecule has 1 aromatic heterocycles. The van der Waals surface area contributed by atoms with Crippen molar-refractivity contribution in [2.45, 2.75) is 64.2 Å². The summed E-state index contributed by atoms with van der Waals surface area (Å²) < 4.78 is 5.48. The number of aliphatic hydroxyl groups is 2. The van der Waals surface area contributed by atoms with Crippen molar-refractivity contribution < 1.29 is 14.6 Å². The number of nitrogens with one attached hydrogen (secondary N) is 1. The SMILES string of the molecule is CC(C)(C)NCC(O)C(O)c1cccc2oc(=O)c3c(c12)CCCC3.Cl. The highest BCUT2D eigenvalue weighted by Crippen LogP contribution is 2.33. The standard InChI is InChI=1S/C20H27NO4.ClH/c1-20(2,3)21-11-15(22)18(23)14-9-6-10-16-17(14)12-7-4-5-8-13(12)19(24)25-16;/h6,9-10,15,18,21-23H,4-5,7-8,11H2,1-3H3;1H. The Bertz CT molecular complexity index is 825. The normalized spacial score (nSPS) is 16.7. The van der Waals surface area contributed by atoms with Crippen LogP contribution in [-0.4, -0.2) is 28.4 Å². The molecule has 1 aliphatic rings. The molecule has 5 nitrogen and oxygen atoms in total. The van der Waals surface area contributed by atoms with E-state index in [1.165, 1.54) is 0 Å². The molecule has 0 saturated carbocycles. The molecule has 0 saturated heterocycles. The van der Waals surface area contributed by atoms with Crippen LogP contribution in [0.4, 0.5) is 0 Å². The number of aryl methyl sites for hydroxylation is 1. The van der Waals surface area contributed by atoms with E-state index < -0.39 is 12.2 Å². The van der Waals surface area contributed by atoms with E-state index in [-0.39, 0.29) is 30.1 Å². The van der Waals surface area contributed by atoms with Gasteiger partial charge in [0.05, 0.1) is 6.10 Å². The van der Waals surface area contributed by atoms with Crippen LogP contribution in [0.25, 0.3) is 11.0 Å². The highest BCUT2D eigenvalue weighted by Gasteiger charge is 2.26. The van der Waals surface area contributed by atoms with Crippen molar-refractivity contribution >= 4 is 23.4 Å². The van der Waals surface area contributed by atoms with Crippen molar-refractivity contribution in [2.24, 2.45) is 0 Å². The molecule has 0 radical (unpaired) electrons. The van der Waals surface area contributed by atoms with Crippen molar-refractivity contribution in [3.05, 3.63) is 45.3 Å². The number of hydrogen-bond acceptors (Lipinski definition) is 5. The third-order valence-electron chi connectivity index (χ3n) is 4.80. The van der Waals surface area contributed by atoms with Gasteiger partial charge in [-0.05, 0) is 63.6 Å². The zero-order chi connectivity index (χ0) is 18.2. The summed E-state index contributed by atoms with van der Waals surface area (Å²) in [5.74, 6) is 0. The number of benzene rings is 1. The topological polar surface area (TPSA) is 82.7 Å². The lowest BCUT2D eigenvalue weighted by Gasteiger charge is -2.26. The average Bonchev–Trinajstić information content (AvgIpc) is 2.58. The monoisotopic (exact) mass is 381 g/mol. The summed E-state index contributed by atoms with van der Waals surface area (Å²) in [6, 6.07) is 5.31. The van der Waals surface area contributed by atoms with Crippen LogP contribution in [0.5, 0.6) is 0 Å². The molecule has 6 heteroatoms. The van der Waals surface area contributed by atoms with Gasteiger partial charge in [-0.1, -0.05) is 12.1 Å². The largest absolute Gasteiger partial charge is 0.422 e. The van der Waals surface area contributed by atoms with Gasteiger partial charge in [-0.2, -0.15) is 0 Å². The molecule has 2 unspecified atom stereocenters. The van der Waals surface area contributed by atoms with Gasteiger partial charge in [-0.3, -0.25) is 0 Å². The van der Waals surface area contributed by atoms with E-state index >= 15 is 0 Å². The Morgan fingerprint density at radius 3 is 2.46 bits per heavy atom. The molecular formula is C20H28ClNO4. The second kappa shape index (κ2) is 8.09. The molecule has 0 aliphatic heterocycles. The second-order valence-electron chi connectivity index (χ2n) is 7.92. The third-order valence-corrected chi connectivity index (χ3v) is 4.80. The molecular weight excluding hydrogens is 354 g/mol. The molecule has 2 aromatic rings. The first-order valence-electron chi connectivity index (χ1n) is 8.96. The van der Waals surface area contributed by atoms with Gasteiger partial charge < -0.3 is 19.9 Å². The average molecular weight is 382 g/mol. The lowest BCUT2D eigenvalue weighted by molar-refractivity contribution is 0.0166. The van der Waals surface area contributed by atoms with Crippen molar-refractivity contribution in [3.8, 4) is 0 Å². The fourth-order valence-corrected chi connectivity index (χ4v) is 3.50. The van der Waals surface area contributed by atoms with E-state index in [9.17, 15) is 15.0 Å². The Morgan fingerprint density at radius 1 is 1.15 bits per heavy atom. The van der Waals surface area contributed by atoms with Crippen LogP contribution in [-0.2, 0) is 12.8 Å². The zero-order valence-electron chi connectivity index (χ0n) is 15.5. The smallest absolute Gasteiger partial charge is 0.339 e. The Balaban J connectivity index is 0.00000243. The molecule has 3 N–H and O–H groups in total. The first-order valence-corrected chi connectivity index (χ1v) is 8.96. The summed E-state index contributed by atoms with van der Waals surface area (Å²) in [5, 5.41) is 25.2. The van der Waals surface area contributed by atoms with Crippen molar-refractivity contribution in [3.63, 3.8) is 0 Å². The summed E-state index contributed by atoms with van der Waals surface area (Å²) in [6.45, 7) is 6.30. The molecule has 26 heavy (non-hydrogen) atoms. The Hall–Kier alpha value is -1.40. The van der Waals surface area contributed by atoms with Gasteiger partial charge in [0.25, 0.3) is 0 Å². The first kappa shape index (κ1) is 20.9. The predicted octanol–water partition coefficient (Wildman–Crippen LogP) is 2.88. The summed E-state index contributed by atoms with van der Waals surface area (Å²) in [4.78, 5) is 12.2. The highest BCUT2D eigenvalue weighted by molar-refractivity contribution is 5.86. The van der Waals surface area contributed by atoms with Gasteiger partial charge in [-0.15, -0.1) is 12.4 Å². The maximum absolute atomic E-state index is 12.2. The first-order chi connectivity index (χ1) is 11.8. The molecule has 0 amide bonds. The van der Waals surface area contributed by atoms with Gasteiger partial charge in [0.2, 0.25) is 0 Å². The minimum Gasteiger partial charge on any atom is -0.422 e. The predicted molar refractivity (Wildman–Crippen MR) is 105 cm³/mol. The van der Waals surface area contributed by atoms with E-state index in [0.717, 1.165) is 35.8 Å². The van der Waals surface area contributed by atoms with Gasteiger partial charge >= 0.3 is 5.63 Å². The number of hydrogen-bond donors (Lipinski definition) is 3. The number of rotatable bonds is 4. The number of β-amino-alcohol motifs (C(OH)–C–C–N with tert-alkyl or cyclic N) is 1. The van der Waals surface area contributed by atoms with Crippen molar-refractivity contribution in [1.82, 2.24) is 5.32 Å². The van der Waals surface area contributed by atoms with E-state index in [1.54, 1.807) is 12.1 Å². The molecule has 1 heterocycles. The number of aliphatic hydroxyl groups excluding tert-OH is 2. The van der Waals surface area contributed by atoms with Crippen molar-refractivity contribution in [1.29, 1.82) is 0 Å². The highest BCUT2D eigenvalue weighted by atomic mass is 35.5. The van der Waals surface area contributed by atoms with Crippen LogP contribution < -0.4 is 10.9 Å². The van der Waals surface area contributed by atoms with E-state index in [0.29, 0.717) is 17.6 Å². The summed E-state index contributed by atoms with van der Waals surface area (Å²) >= 11 is 0. The van der Waals surface area contributed by atoms with Gasteiger partial charge in [0, 0.05) is 23.0 Å². The van der Waals surface area contributed by atoms with E-state index in [1.807, 2.05) is 26.8 Å². The van der Waals surface area contributed by atoms with Gasteiger partial charge in [0.15, 0.2) is 0 Å². The zero-order valence-corrected chi connectivity index (χ0v) is 16.4. The maximum atomic E-state index is 12.2. The molecule has 0 fully saturated rings. The summed E-state index contributed by atoms with van der Waals surface area (Å²) in [7, 11) is 0. The molecule has 2 atom stereocenters. The fourth-order valence-electron chi connectivity index (χ4n) is 3.50. The molecule has 0 spiro atoms. The minimum atomic E-state index is -1.04. The molecule has 3 rings (SSSR count). The molecule has 1 aromatic carbocycles. The van der Waals surface area contributed by atoms with E-state index in [2.05, 4.69) is 5.32 Å².